The van der Waals surface area contributed by atoms with E-state index in [1.807, 2.05) is 36.4 Å². The quantitative estimate of drug-likeness (QED) is 0.200. The molecule has 0 bridgehead atoms. The summed E-state index contributed by atoms with van der Waals surface area (Å²) in [6, 6.07) is 15.0. The van der Waals surface area contributed by atoms with Gasteiger partial charge in [0.15, 0.2) is 0 Å². The summed E-state index contributed by atoms with van der Waals surface area (Å²) < 4.78 is 10.9. The molecule has 172 valence electrons. The van der Waals surface area contributed by atoms with Gasteiger partial charge < -0.3 is 9.47 Å². The Kier molecular flexibility index (Phi) is 9.33. The van der Waals surface area contributed by atoms with Crippen molar-refractivity contribution in [3.05, 3.63) is 54.1 Å². The van der Waals surface area contributed by atoms with Crippen LogP contribution in [0.2, 0.25) is 0 Å². The fourth-order valence-electron chi connectivity index (χ4n) is 4.16. The Morgan fingerprint density at radius 2 is 1.41 bits per heavy atom. The lowest BCUT2D eigenvalue weighted by Crippen LogP contribution is -2.33. The molecule has 2 aromatic carbocycles. The first-order valence-electron chi connectivity index (χ1n) is 12.2. The predicted octanol–water partition coefficient (Wildman–Crippen LogP) is 7.21. The van der Waals surface area contributed by atoms with Crippen molar-refractivity contribution >= 4 is 11.9 Å². The maximum atomic E-state index is 12.4. The molecule has 3 rings (SSSR count). The van der Waals surface area contributed by atoms with Gasteiger partial charge in [-0.15, -0.1) is 0 Å². The highest BCUT2D eigenvalue weighted by atomic mass is 16.5. The van der Waals surface area contributed by atoms with Gasteiger partial charge in [-0.05, 0) is 60.6 Å². The Labute approximate surface area is 192 Å². The van der Waals surface area contributed by atoms with E-state index in [1.165, 1.54) is 25.7 Å². The number of unbranched alkanes of at least 4 members (excludes halogenated alkanes) is 4. The third kappa shape index (κ3) is 6.94. The molecule has 1 fully saturated rings. The van der Waals surface area contributed by atoms with Crippen molar-refractivity contribution in [3.63, 3.8) is 0 Å². The Balaban J connectivity index is 1.46. The Bertz CT molecular complexity index is 848. The van der Waals surface area contributed by atoms with Gasteiger partial charge in [0.05, 0.1) is 18.1 Å². The maximum absolute atomic E-state index is 12.4. The SMILES string of the molecule is CCCCCOC(=O)c1ccc(-c2ccc(OC(=O)C3CC(CCCCC)C3)cc2)cc1. The number of hydrogen-bond acceptors (Lipinski definition) is 4. The molecule has 0 unspecified atom stereocenters. The predicted molar refractivity (Wildman–Crippen MR) is 128 cm³/mol. The van der Waals surface area contributed by atoms with E-state index in [9.17, 15) is 9.59 Å². The van der Waals surface area contributed by atoms with E-state index in [0.717, 1.165) is 43.2 Å². The second kappa shape index (κ2) is 12.4. The summed E-state index contributed by atoms with van der Waals surface area (Å²) in [7, 11) is 0. The van der Waals surface area contributed by atoms with Gasteiger partial charge in [-0.25, -0.2) is 4.79 Å². The first kappa shape index (κ1) is 24.0. The zero-order chi connectivity index (χ0) is 22.8. The standard InChI is InChI=1S/C28H36O4/c1-3-5-7-9-21-19-25(20-21)28(30)32-26-16-14-23(15-17-26)22-10-12-24(13-11-22)27(29)31-18-8-6-4-2/h10-17,21,25H,3-9,18-20H2,1-2H3. The van der Waals surface area contributed by atoms with E-state index >= 15 is 0 Å². The van der Waals surface area contributed by atoms with Gasteiger partial charge in [-0.3, -0.25) is 4.79 Å². The van der Waals surface area contributed by atoms with E-state index in [-0.39, 0.29) is 17.9 Å². The van der Waals surface area contributed by atoms with Crippen LogP contribution in [0, 0.1) is 11.8 Å². The lowest BCUT2D eigenvalue weighted by atomic mass is 9.72. The summed E-state index contributed by atoms with van der Waals surface area (Å²) in [5.41, 5.74) is 2.57. The van der Waals surface area contributed by atoms with Gasteiger partial charge in [-0.2, -0.15) is 0 Å². The second-order valence-corrected chi connectivity index (χ2v) is 8.90. The van der Waals surface area contributed by atoms with Gasteiger partial charge >= 0.3 is 11.9 Å². The highest BCUT2D eigenvalue weighted by Crippen LogP contribution is 2.38. The number of esters is 2. The topological polar surface area (TPSA) is 52.6 Å². The molecule has 4 heteroatoms. The van der Waals surface area contributed by atoms with Crippen LogP contribution in [-0.2, 0) is 9.53 Å². The van der Waals surface area contributed by atoms with Gasteiger partial charge in [0, 0.05) is 0 Å². The van der Waals surface area contributed by atoms with Crippen molar-refractivity contribution in [2.75, 3.05) is 6.61 Å². The molecule has 0 spiro atoms. The smallest absolute Gasteiger partial charge is 0.338 e. The van der Waals surface area contributed by atoms with Crippen molar-refractivity contribution < 1.29 is 19.1 Å². The summed E-state index contributed by atoms with van der Waals surface area (Å²) in [4.78, 5) is 24.5. The van der Waals surface area contributed by atoms with E-state index < -0.39 is 0 Å². The summed E-state index contributed by atoms with van der Waals surface area (Å²) >= 11 is 0. The van der Waals surface area contributed by atoms with Gasteiger partial charge in [0.25, 0.3) is 0 Å². The van der Waals surface area contributed by atoms with Crippen LogP contribution in [0.4, 0.5) is 0 Å². The van der Waals surface area contributed by atoms with Crippen LogP contribution in [0.15, 0.2) is 48.5 Å². The molecule has 0 amide bonds. The lowest BCUT2D eigenvalue weighted by Gasteiger charge is -2.33. The van der Waals surface area contributed by atoms with Crippen molar-refractivity contribution in [3.8, 4) is 16.9 Å². The largest absolute Gasteiger partial charge is 0.462 e. The molecule has 0 atom stereocenters. The average Bonchev–Trinajstić information content (AvgIpc) is 2.78. The van der Waals surface area contributed by atoms with Crippen molar-refractivity contribution in [2.45, 2.75) is 71.6 Å². The van der Waals surface area contributed by atoms with Gasteiger partial charge in [0.2, 0.25) is 0 Å². The van der Waals surface area contributed by atoms with E-state index in [4.69, 9.17) is 9.47 Å². The molecular formula is C28H36O4. The van der Waals surface area contributed by atoms with Crippen LogP contribution in [0.1, 0.15) is 82.0 Å². The number of benzene rings is 2. The summed E-state index contributed by atoms with van der Waals surface area (Å²) in [6.07, 6.45) is 10.0. The molecule has 1 saturated carbocycles. The minimum Gasteiger partial charge on any atom is -0.462 e. The van der Waals surface area contributed by atoms with E-state index in [0.29, 0.717) is 23.8 Å². The molecule has 1 aliphatic carbocycles. The third-order valence-electron chi connectivity index (χ3n) is 6.29. The third-order valence-corrected chi connectivity index (χ3v) is 6.29. The van der Waals surface area contributed by atoms with Crippen molar-refractivity contribution in [1.82, 2.24) is 0 Å². The summed E-state index contributed by atoms with van der Waals surface area (Å²) in [6.45, 7) is 4.80. The lowest BCUT2D eigenvalue weighted by molar-refractivity contribution is -0.143. The fourth-order valence-corrected chi connectivity index (χ4v) is 4.16. The van der Waals surface area contributed by atoms with Gasteiger partial charge in [-0.1, -0.05) is 76.6 Å². The van der Waals surface area contributed by atoms with Crippen LogP contribution in [0.5, 0.6) is 5.75 Å². The minimum atomic E-state index is -0.279. The molecule has 32 heavy (non-hydrogen) atoms. The van der Waals surface area contributed by atoms with Gasteiger partial charge in [0.1, 0.15) is 5.75 Å². The molecule has 1 aliphatic rings. The average molecular weight is 437 g/mol. The molecule has 0 radical (unpaired) electrons. The number of carbonyl (C=O) groups excluding carboxylic acids is 2. The zero-order valence-corrected chi connectivity index (χ0v) is 19.5. The van der Waals surface area contributed by atoms with Crippen LogP contribution >= 0.6 is 0 Å². The number of hydrogen-bond donors (Lipinski definition) is 0. The molecule has 0 aromatic heterocycles. The Hall–Kier alpha value is -2.62. The highest BCUT2D eigenvalue weighted by molar-refractivity contribution is 5.90. The molecule has 4 nitrogen and oxygen atoms in total. The normalized spacial score (nSPS) is 17.4. The first-order chi connectivity index (χ1) is 15.6. The molecular weight excluding hydrogens is 400 g/mol. The monoisotopic (exact) mass is 436 g/mol. The van der Waals surface area contributed by atoms with Crippen LogP contribution in [0.3, 0.4) is 0 Å². The molecule has 2 aromatic rings. The van der Waals surface area contributed by atoms with Crippen molar-refractivity contribution in [2.24, 2.45) is 11.8 Å². The molecule has 0 saturated heterocycles. The van der Waals surface area contributed by atoms with Crippen LogP contribution in [0.25, 0.3) is 11.1 Å². The molecule has 0 aliphatic heterocycles. The first-order valence-corrected chi connectivity index (χ1v) is 12.2. The van der Waals surface area contributed by atoms with E-state index in [1.54, 1.807) is 12.1 Å². The Morgan fingerprint density at radius 1 is 0.812 bits per heavy atom. The van der Waals surface area contributed by atoms with Crippen molar-refractivity contribution in [1.29, 1.82) is 0 Å². The molecule has 0 N–H and O–H groups in total. The number of carbonyl (C=O) groups is 2. The highest BCUT2D eigenvalue weighted by Gasteiger charge is 2.35. The summed E-state index contributed by atoms with van der Waals surface area (Å²) in [5, 5.41) is 0. The number of ether oxygens (including phenoxy) is 2. The fraction of sp³-hybridized carbons (Fsp3) is 0.500. The summed E-state index contributed by atoms with van der Waals surface area (Å²) in [5.74, 6) is 0.943. The number of rotatable bonds is 12. The molecule has 0 heterocycles. The van der Waals surface area contributed by atoms with Crippen LogP contribution < -0.4 is 4.74 Å². The van der Waals surface area contributed by atoms with E-state index in [2.05, 4.69) is 13.8 Å². The van der Waals surface area contributed by atoms with Crippen LogP contribution in [-0.4, -0.2) is 18.5 Å². The maximum Gasteiger partial charge on any atom is 0.338 e. The second-order valence-electron chi connectivity index (χ2n) is 8.90. The Morgan fingerprint density at radius 3 is 2.03 bits per heavy atom. The minimum absolute atomic E-state index is 0.0515. The zero-order valence-electron chi connectivity index (χ0n) is 19.5.